The molecule has 0 radical (unpaired) electrons. The Balaban J connectivity index is 1.82. The molecule has 0 fully saturated rings. The quantitative estimate of drug-likeness (QED) is 0.593. The lowest BCUT2D eigenvalue weighted by Crippen LogP contribution is -2.04. The summed E-state index contributed by atoms with van der Waals surface area (Å²) in [4.78, 5) is 14.8. The number of nitrogens with one attached hydrogen (secondary N) is 2. The molecule has 122 valence electrons. The Morgan fingerprint density at radius 3 is 2.88 bits per heavy atom. The Kier molecular flexibility index (Phi) is 4.62. The Hall–Kier alpha value is -3.06. The number of carbonyl (C=O) groups excluding carboxylic acids is 1. The molecule has 1 heterocycles. The second kappa shape index (κ2) is 7.01. The summed E-state index contributed by atoms with van der Waals surface area (Å²) in [5.74, 6) is 1.70. The SMILES string of the molecule is Nc1nc(NCc2c(Cl)cccc2Oc2cccc(C=O)c2)n[nH]1. The Bertz CT molecular complexity index is 865. The van der Waals surface area contributed by atoms with Crippen LogP contribution in [0.25, 0.3) is 0 Å². The number of halogens is 1. The number of aromatic amines is 1. The van der Waals surface area contributed by atoms with Crippen molar-refractivity contribution in [1.82, 2.24) is 15.2 Å². The maximum atomic E-state index is 10.9. The van der Waals surface area contributed by atoms with E-state index in [1.54, 1.807) is 42.5 Å². The molecule has 0 saturated carbocycles. The number of ether oxygens (including phenoxy) is 1. The van der Waals surface area contributed by atoms with Crippen molar-refractivity contribution < 1.29 is 9.53 Å². The lowest BCUT2D eigenvalue weighted by atomic mass is 10.2. The minimum atomic E-state index is 0.221. The van der Waals surface area contributed by atoms with Gasteiger partial charge >= 0.3 is 0 Å². The van der Waals surface area contributed by atoms with Crippen LogP contribution in [0.3, 0.4) is 0 Å². The molecule has 3 aromatic rings. The lowest BCUT2D eigenvalue weighted by molar-refractivity contribution is 0.112. The van der Waals surface area contributed by atoms with E-state index in [1.807, 2.05) is 0 Å². The highest BCUT2D eigenvalue weighted by Gasteiger charge is 2.11. The first-order chi connectivity index (χ1) is 11.7. The van der Waals surface area contributed by atoms with Crippen LogP contribution in [0.4, 0.5) is 11.9 Å². The van der Waals surface area contributed by atoms with E-state index in [0.29, 0.717) is 34.6 Å². The number of nitrogens with two attached hydrogens (primary N) is 1. The van der Waals surface area contributed by atoms with Gasteiger partial charge in [-0.25, -0.2) is 5.10 Å². The summed E-state index contributed by atoms with van der Waals surface area (Å²) >= 11 is 6.28. The van der Waals surface area contributed by atoms with Gasteiger partial charge in [0.2, 0.25) is 11.9 Å². The van der Waals surface area contributed by atoms with Crippen LogP contribution in [0.1, 0.15) is 15.9 Å². The average Bonchev–Trinajstić information content (AvgIpc) is 3.00. The molecule has 0 spiro atoms. The van der Waals surface area contributed by atoms with E-state index in [9.17, 15) is 4.79 Å². The van der Waals surface area contributed by atoms with Crippen LogP contribution in [0, 0.1) is 0 Å². The Morgan fingerprint density at radius 1 is 1.29 bits per heavy atom. The fourth-order valence-corrected chi connectivity index (χ4v) is 2.34. The highest BCUT2D eigenvalue weighted by molar-refractivity contribution is 6.31. The summed E-state index contributed by atoms with van der Waals surface area (Å²) < 4.78 is 5.87. The van der Waals surface area contributed by atoms with Gasteiger partial charge in [0.25, 0.3) is 0 Å². The summed E-state index contributed by atoms with van der Waals surface area (Å²) in [6.45, 7) is 0.347. The number of nitrogens with zero attached hydrogens (tertiary/aromatic N) is 2. The van der Waals surface area contributed by atoms with Crippen LogP contribution >= 0.6 is 11.6 Å². The van der Waals surface area contributed by atoms with Gasteiger partial charge in [0, 0.05) is 22.7 Å². The molecule has 4 N–H and O–H groups in total. The predicted octanol–water partition coefficient (Wildman–Crippen LogP) is 3.26. The van der Waals surface area contributed by atoms with Crippen LogP contribution in [0.5, 0.6) is 11.5 Å². The van der Waals surface area contributed by atoms with Gasteiger partial charge in [-0.1, -0.05) is 29.8 Å². The van der Waals surface area contributed by atoms with Gasteiger partial charge in [0.05, 0.1) is 0 Å². The van der Waals surface area contributed by atoms with Gasteiger partial charge in [-0.15, -0.1) is 5.10 Å². The van der Waals surface area contributed by atoms with Crippen molar-refractivity contribution in [3.63, 3.8) is 0 Å². The molecule has 1 aromatic heterocycles. The first-order valence-electron chi connectivity index (χ1n) is 7.08. The molecule has 0 aliphatic carbocycles. The van der Waals surface area contributed by atoms with Crippen molar-refractivity contribution in [1.29, 1.82) is 0 Å². The number of hydrogen-bond donors (Lipinski definition) is 3. The number of carbonyl (C=O) groups is 1. The Labute approximate surface area is 142 Å². The standard InChI is InChI=1S/C16H14ClN5O2/c17-13-5-2-6-14(24-11-4-1-3-10(7-11)9-23)12(13)8-19-16-20-15(18)21-22-16/h1-7,9H,8H2,(H4,18,19,20,21,22). The number of aldehydes is 1. The number of rotatable bonds is 6. The van der Waals surface area contributed by atoms with Gasteiger partial charge < -0.3 is 15.8 Å². The van der Waals surface area contributed by atoms with Gasteiger partial charge in [-0.3, -0.25) is 4.79 Å². The number of anilines is 2. The number of nitrogen functional groups attached to an aromatic ring is 1. The maximum absolute atomic E-state index is 10.9. The van der Waals surface area contributed by atoms with Crippen LogP contribution < -0.4 is 15.8 Å². The van der Waals surface area contributed by atoms with Crippen LogP contribution in [-0.4, -0.2) is 21.5 Å². The minimum Gasteiger partial charge on any atom is -0.457 e. The smallest absolute Gasteiger partial charge is 0.243 e. The highest BCUT2D eigenvalue weighted by Crippen LogP contribution is 2.31. The number of benzene rings is 2. The van der Waals surface area contributed by atoms with E-state index >= 15 is 0 Å². The van der Waals surface area contributed by atoms with Gasteiger partial charge in [-0.2, -0.15) is 4.98 Å². The van der Waals surface area contributed by atoms with Gasteiger partial charge in [0.15, 0.2) is 0 Å². The molecule has 2 aromatic carbocycles. The molecule has 0 aliphatic heterocycles. The molecule has 8 heteroatoms. The van der Waals surface area contributed by atoms with Crippen molar-refractivity contribution in [2.45, 2.75) is 6.54 Å². The third-order valence-electron chi connectivity index (χ3n) is 3.22. The molecule has 0 amide bonds. The first-order valence-corrected chi connectivity index (χ1v) is 7.46. The maximum Gasteiger partial charge on any atom is 0.243 e. The van der Waals surface area contributed by atoms with E-state index < -0.39 is 0 Å². The van der Waals surface area contributed by atoms with E-state index in [0.717, 1.165) is 11.8 Å². The molecule has 0 aliphatic rings. The molecule has 0 atom stereocenters. The normalized spacial score (nSPS) is 10.4. The summed E-state index contributed by atoms with van der Waals surface area (Å²) in [6, 6.07) is 12.2. The summed E-state index contributed by atoms with van der Waals surface area (Å²) in [5.41, 5.74) is 6.76. The fraction of sp³-hybridized carbons (Fsp3) is 0.0625. The van der Waals surface area contributed by atoms with Gasteiger partial charge in [0.1, 0.15) is 17.8 Å². The molecular weight excluding hydrogens is 330 g/mol. The molecule has 7 nitrogen and oxygen atoms in total. The van der Waals surface area contributed by atoms with Crippen LogP contribution in [-0.2, 0) is 6.54 Å². The zero-order valence-corrected chi connectivity index (χ0v) is 13.2. The molecule has 0 bridgehead atoms. The summed E-state index contributed by atoms with van der Waals surface area (Å²) in [7, 11) is 0. The van der Waals surface area contributed by atoms with Crippen molar-refractivity contribution in [2.24, 2.45) is 0 Å². The molecule has 24 heavy (non-hydrogen) atoms. The van der Waals surface area contributed by atoms with E-state index in [4.69, 9.17) is 22.1 Å². The zero-order valence-electron chi connectivity index (χ0n) is 12.5. The van der Waals surface area contributed by atoms with Crippen molar-refractivity contribution >= 4 is 29.8 Å². The zero-order chi connectivity index (χ0) is 16.9. The summed E-state index contributed by atoms with van der Waals surface area (Å²) in [5, 5.41) is 10.00. The largest absolute Gasteiger partial charge is 0.457 e. The third-order valence-corrected chi connectivity index (χ3v) is 3.58. The fourth-order valence-electron chi connectivity index (χ4n) is 2.11. The topological polar surface area (TPSA) is 106 Å². The van der Waals surface area contributed by atoms with E-state index in [1.165, 1.54) is 0 Å². The molecule has 0 saturated heterocycles. The minimum absolute atomic E-state index is 0.221. The third kappa shape index (κ3) is 3.64. The van der Waals surface area contributed by atoms with E-state index in [2.05, 4.69) is 20.5 Å². The second-order valence-corrected chi connectivity index (χ2v) is 5.31. The van der Waals surface area contributed by atoms with Crippen LogP contribution in [0.2, 0.25) is 5.02 Å². The second-order valence-electron chi connectivity index (χ2n) is 4.91. The predicted molar refractivity (Wildman–Crippen MR) is 91.5 cm³/mol. The summed E-state index contributed by atoms with van der Waals surface area (Å²) in [6.07, 6.45) is 0.765. The van der Waals surface area contributed by atoms with Gasteiger partial charge in [-0.05, 0) is 24.3 Å². The highest BCUT2D eigenvalue weighted by atomic mass is 35.5. The van der Waals surface area contributed by atoms with Crippen molar-refractivity contribution in [3.05, 3.63) is 58.6 Å². The van der Waals surface area contributed by atoms with Crippen molar-refractivity contribution in [2.75, 3.05) is 11.1 Å². The monoisotopic (exact) mass is 343 g/mol. The van der Waals surface area contributed by atoms with E-state index in [-0.39, 0.29) is 5.95 Å². The molecular formula is C16H14ClN5O2. The molecule has 3 rings (SSSR count). The average molecular weight is 344 g/mol. The number of aromatic nitrogens is 3. The lowest BCUT2D eigenvalue weighted by Gasteiger charge is -2.13. The molecule has 0 unspecified atom stereocenters. The number of hydrogen-bond acceptors (Lipinski definition) is 6. The van der Waals surface area contributed by atoms with Crippen molar-refractivity contribution in [3.8, 4) is 11.5 Å². The first kappa shape index (κ1) is 15.8. The number of H-pyrrole nitrogens is 1. The Morgan fingerprint density at radius 2 is 2.12 bits per heavy atom. The van der Waals surface area contributed by atoms with Crippen LogP contribution in [0.15, 0.2) is 42.5 Å².